The second-order valence-corrected chi connectivity index (χ2v) is 10.1. The van der Waals surface area contributed by atoms with Gasteiger partial charge >= 0.3 is 6.18 Å². The van der Waals surface area contributed by atoms with Gasteiger partial charge in [0.1, 0.15) is 17.2 Å². The van der Waals surface area contributed by atoms with Gasteiger partial charge in [-0.2, -0.15) is 18.2 Å². The van der Waals surface area contributed by atoms with Crippen molar-refractivity contribution in [1.29, 1.82) is 0 Å². The van der Waals surface area contributed by atoms with Crippen LogP contribution in [0, 0.1) is 0 Å². The predicted molar refractivity (Wildman–Crippen MR) is 129 cm³/mol. The number of amides is 1. The largest absolute Gasteiger partial charge is 0.421 e. The molecule has 1 aromatic carbocycles. The Hall–Kier alpha value is -3.94. The SMILES string of the molecule is CN(c1ncccc1CNc1nc(Nc2ccc3c(c2)NC(=O)CC3)ncc1C(F)(F)F)S(C)(=O)=O. The molecular formula is C22H22F3N7O3S. The van der Waals surface area contributed by atoms with Crippen LogP contribution in [-0.4, -0.2) is 42.6 Å². The highest BCUT2D eigenvalue weighted by Gasteiger charge is 2.35. The Bertz CT molecular complexity index is 1410. The van der Waals surface area contributed by atoms with Crippen LogP contribution in [0.15, 0.2) is 42.7 Å². The zero-order chi connectivity index (χ0) is 26.1. The van der Waals surface area contributed by atoms with E-state index in [1.807, 2.05) is 6.07 Å². The van der Waals surface area contributed by atoms with E-state index < -0.39 is 27.6 Å². The molecule has 3 heterocycles. The first-order chi connectivity index (χ1) is 16.9. The molecule has 10 nitrogen and oxygen atoms in total. The molecule has 3 aromatic rings. The Morgan fingerprint density at radius 1 is 1.17 bits per heavy atom. The maximum Gasteiger partial charge on any atom is 0.421 e. The van der Waals surface area contributed by atoms with E-state index in [4.69, 9.17) is 0 Å². The van der Waals surface area contributed by atoms with Gasteiger partial charge in [-0.1, -0.05) is 12.1 Å². The maximum atomic E-state index is 13.6. The van der Waals surface area contributed by atoms with Gasteiger partial charge in [0.05, 0.1) is 6.26 Å². The molecule has 0 radical (unpaired) electrons. The standard InChI is InChI=1S/C22H22F3N7O3S/c1-32(36(2,34)35)20-14(4-3-9-26-20)11-27-19-16(22(23,24)25)12-28-21(31-19)29-15-7-5-13-6-8-18(33)30-17(13)10-15/h3-5,7,9-10,12H,6,8,11H2,1-2H3,(H,30,33)(H2,27,28,29,31). The third-order valence-corrected chi connectivity index (χ3v) is 6.63. The van der Waals surface area contributed by atoms with Crippen molar-refractivity contribution in [2.24, 2.45) is 0 Å². The molecule has 0 aliphatic carbocycles. The number of nitrogens with one attached hydrogen (secondary N) is 3. The molecule has 4 rings (SSSR count). The number of carbonyl (C=O) groups excluding carboxylic acids is 1. The molecule has 36 heavy (non-hydrogen) atoms. The number of alkyl halides is 3. The Kier molecular flexibility index (Phi) is 6.71. The van der Waals surface area contributed by atoms with Gasteiger partial charge in [-0.15, -0.1) is 0 Å². The van der Waals surface area contributed by atoms with E-state index in [2.05, 4.69) is 30.9 Å². The summed E-state index contributed by atoms with van der Waals surface area (Å²) in [5.41, 5.74) is 1.29. The van der Waals surface area contributed by atoms with E-state index in [-0.39, 0.29) is 24.2 Å². The molecular weight excluding hydrogens is 499 g/mol. The number of anilines is 5. The topological polar surface area (TPSA) is 129 Å². The van der Waals surface area contributed by atoms with E-state index >= 15 is 0 Å². The first kappa shape index (κ1) is 25.2. The van der Waals surface area contributed by atoms with Crippen LogP contribution in [0.5, 0.6) is 0 Å². The summed E-state index contributed by atoms with van der Waals surface area (Å²) in [7, 11) is -2.34. The van der Waals surface area contributed by atoms with E-state index in [9.17, 15) is 26.4 Å². The van der Waals surface area contributed by atoms with Crippen molar-refractivity contribution in [3.8, 4) is 0 Å². The number of fused-ring (bicyclic) bond motifs is 1. The molecule has 0 fully saturated rings. The molecule has 1 aliphatic heterocycles. The number of sulfonamides is 1. The lowest BCUT2D eigenvalue weighted by Crippen LogP contribution is -2.27. The minimum atomic E-state index is -4.74. The van der Waals surface area contributed by atoms with E-state index in [0.29, 0.717) is 36.0 Å². The van der Waals surface area contributed by atoms with Crippen molar-refractivity contribution in [3.05, 3.63) is 59.4 Å². The average molecular weight is 522 g/mol. The molecule has 1 aliphatic rings. The van der Waals surface area contributed by atoms with Crippen LogP contribution in [-0.2, 0) is 34.0 Å². The maximum absolute atomic E-state index is 13.6. The Balaban J connectivity index is 1.61. The average Bonchev–Trinajstić information content (AvgIpc) is 2.81. The lowest BCUT2D eigenvalue weighted by molar-refractivity contribution is -0.137. The molecule has 0 unspecified atom stereocenters. The summed E-state index contributed by atoms with van der Waals surface area (Å²) < 4.78 is 65.7. The Morgan fingerprint density at radius 3 is 2.67 bits per heavy atom. The first-order valence-corrected chi connectivity index (χ1v) is 12.5. The number of nitrogens with zero attached hydrogens (tertiary/aromatic N) is 4. The van der Waals surface area contributed by atoms with Crippen molar-refractivity contribution in [2.45, 2.75) is 25.6 Å². The number of benzene rings is 1. The summed E-state index contributed by atoms with van der Waals surface area (Å²) in [6.07, 6.45) is -0.722. The van der Waals surface area contributed by atoms with Crippen molar-refractivity contribution in [1.82, 2.24) is 15.0 Å². The third-order valence-electron chi connectivity index (χ3n) is 5.47. The first-order valence-electron chi connectivity index (χ1n) is 10.7. The molecule has 3 N–H and O–H groups in total. The summed E-state index contributed by atoms with van der Waals surface area (Å²) in [5, 5.41) is 8.25. The predicted octanol–water partition coefficient (Wildman–Crippen LogP) is 3.53. The molecule has 0 bridgehead atoms. The number of carbonyl (C=O) groups is 1. The molecule has 190 valence electrons. The van der Waals surface area contributed by atoms with Crippen molar-refractivity contribution < 1.29 is 26.4 Å². The Labute approximate surface area is 205 Å². The van der Waals surface area contributed by atoms with Gasteiger partial charge in [-0.25, -0.2) is 18.4 Å². The fourth-order valence-electron chi connectivity index (χ4n) is 3.55. The number of hydrogen-bond donors (Lipinski definition) is 3. The summed E-state index contributed by atoms with van der Waals surface area (Å²) in [5.74, 6) is -0.645. The molecule has 0 atom stereocenters. The van der Waals surface area contributed by atoms with Gasteiger partial charge in [-0.05, 0) is 30.2 Å². The summed E-state index contributed by atoms with van der Waals surface area (Å²) in [6, 6.07) is 8.27. The number of pyridine rings is 1. The molecule has 2 aromatic heterocycles. The van der Waals surface area contributed by atoms with E-state index in [1.54, 1.807) is 24.3 Å². The fraction of sp³-hybridized carbons (Fsp3) is 0.273. The summed E-state index contributed by atoms with van der Waals surface area (Å²) in [6.45, 7) is -0.187. The number of hydrogen-bond acceptors (Lipinski definition) is 8. The van der Waals surface area contributed by atoms with Gasteiger partial charge in [-0.3, -0.25) is 9.10 Å². The molecule has 0 saturated heterocycles. The number of aryl methyl sites for hydroxylation is 1. The van der Waals surface area contributed by atoms with E-state index in [0.717, 1.165) is 16.1 Å². The van der Waals surface area contributed by atoms with Crippen LogP contribution >= 0.6 is 0 Å². The highest BCUT2D eigenvalue weighted by Crippen LogP contribution is 2.35. The van der Waals surface area contributed by atoms with Crippen molar-refractivity contribution in [2.75, 3.05) is 33.6 Å². The van der Waals surface area contributed by atoms with Crippen LogP contribution in [0.4, 0.5) is 42.1 Å². The Morgan fingerprint density at radius 2 is 1.94 bits per heavy atom. The second kappa shape index (κ2) is 9.60. The van der Waals surface area contributed by atoms with Crippen LogP contribution in [0.25, 0.3) is 0 Å². The zero-order valence-corrected chi connectivity index (χ0v) is 20.0. The van der Waals surface area contributed by atoms with Crippen LogP contribution < -0.4 is 20.3 Å². The highest BCUT2D eigenvalue weighted by molar-refractivity contribution is 7.92. The fourth-order valence-corrected chi connectivity index (χ4v) is 4.03. The van der Waals surface area contributed by atoms with Gasteiger partial charge in [0.25, 0.3) is 0 Å². The molecule has 14 heteroatoms. The summed E-state index contributed by atoms with van der Waals surface area (Å²) in [4.78, 5) is 23.5. The van der Waals surface area contributed by atoms with Gasteiger partial charge < -0.3 is 16.0 Å². The number of halogens is 3. The lowest BCUT2D eigenvalue weighted by atomic mass is 10.0. The lowest BCUT2D eigenvalue weighted by Gasteiger charge is -2.20. The molecule has 0 saturated carbocycles. The normalized spacial score (nSPS) is 13.5. The summed E-state index contributed by atoms with van der Waals surface area (Å²) >= 11 is 0. The van der Waals surface area contributed by atoms with Crippen LogP contribution in [0.1, 0.15) is 23.1 Å². The van der Waals surface area contributed by atoms with Crippen molar-refractivity contribution >= 4 is 44.9 Å². The molecule has 1 amide bonds. The van der Waals surface area contributed by atoms with E-state index in [1.165, 1.54) is 13.2 Å². The minimum absolute atomic E-state index is 0.0737. The zero-order valence-electron chi connectivity index (χ0n) is 19.2. The second-order valence-electron chi connectivity index (χ2n) is 8.07. The monoisotopic (exact) mass is 521 g/mol. The van der Waals surface area contributed by atoms with Gasteiger partial charge in [0.15, 0.2) is 0 Å². The smallest absolute Gasteiger partial charge is 0.365 e. The van der Waals surface area contributed by atoms with Gasteiger partial charge in [0, 0.05) is 49.3 Å². The number of aromatic nitrogens is 3. The number of rotatable bonds is 7. The minimum Gasteiger partial charge on any atom is -0.365 e. The third kappa shape index (κ3) is 5.64. The highest BCUT2D eigenvalue weighted by atomic mass is 32.2. The van der Waals surface area contributed by atoms with Crippen molar-refractivity contribution in [3.63, 3.8) is 0 Å². The quantitative estimate of drug-likeness (QED) is 0.431. The molecule has 0 spiro atoms. The van der Waals surface area contributed by atoms with Crippen LogP contribution in [0.2, 0.25) is 0 Å². The van der Waals surface area contributed by atoms with Gasteiger partial charge in [0.2, 0.25) is 21.9 Å². The van der Waals surface area contributed by atoms with Crippen LogP contribution in [0.3, 0.4) is 0 Å².